The first-order chi connectivity index (χ1) is 29.0. The number of anilines is 2. The van der Waals surface area contributed by atoms with Gasteiger partial charge in [-0.2, -0.15) is 10.2 Å². The van der Waals surface area contributed by atoms with Crippen molar-refractivity contribution in [2.45, 2.75) is 49.2 Å². The number of H-pyrrole nitrogens is 2. The monoisotopic (exact) mass is 818 g/mol. The molecule has 0 bridgehead atoms. The zero-order valence-corrected chi connectivity index (χ0v) is 34.3. The molecule has 2 spiro atoms. The third kappa shape index (κ3) is 5.71. The number of piperidine rings is 1. The molecule has 12 rings (SSSR count). The van der Waals surface area contributed by atoms with Crippen molar-refractivity contribution in [2.75, 3.05) is 56.1 Å². The second-order valence-corrected chi connectivity index (χ2v) is 18.4. The maximum Gasteiger partial charge on any atom is 0.151 e. The summed E-state index contributed by atoms with van der Waals surface area (Å²) >= 11 is 3.28. The summed E-state index contributed by atoms with van der Waals surface area (Å²) in [6, 6.07) is 17.6. The number of nitrogens with zero attached hydrogens (tertiary/aromatic N) is 12. The summed E-state index contributed by atoms with van der Waals surface area (Å²) in [5.41, 5.74) is 14.2. The van der Waals surface area contributed by atoms with Crippen LogP contribution in [0.4, 0.5) is 11.6 Å². The normalized spacial score (nSPS) is 23.5. The minimum Gasteiger partial charge on any atom is -0.353 e. The molecule has 3 unspecified atom stereocenters. The van der Waals surface area contributed by atoms with E-state index in [2.05, 4.69) is 106 Å². The van der Waals surface area contributed by atoms with E-state index in [0.717, 1.165) is 110 Å². The number of thiazole rings is 2. The third-order valence-corrected chi connectivity index (χ3v) is 15.5. The number of likely N-dealkylation sites (tertiary alicyclic amines) is 2. The highest BCUT2D eigenvalue weighted by atomic mass is 32.1. The summed E-state index contributed by atoms with van der Waals surface area (Å²) < 4.78 is 2.23. The van der Waals surface area contributed by atoms with Crippen molar-refractivity contribution in [2.24, 2.45) is 0 Å². The maximum atomic E-state index is 4.83. The van der Waals surface area contributed by atoms with Gasteiger partial charge in [0, 0.05) is 96.6 Å². The van der Waals surface area contributed by atoms with E-state index < -0.39 is 0 Å². The molecule has 16 heteroatoms. The van der Waals surface area contributed by atoms with Gasteiger partial charge in [0.25, 0.3) is 0 Å². The molecule has 4 saturated heterocycles. The lowest BCUT2D eigenvalue weighted by Gasteiger charge is -2.60. The van der Waals surface area contributed by atoms with E-state index in [1.807, 2.05) is 35.8 Å². The Balaban J connectivity index is 0.689. The largest absolute Gasteiger partial charge is 0.353 e. The van der Waals surface area contributed by atoms with Crippen LogP contribution in [0.5, 0.6) is 0 Å². The Morgan fingerprint density at radius 2 is 1.25 bits per heavy atom. The van der Waals surface area contributed by atoms with Crippen molar-refractivity contribution in [1.29, 1.82) is 0 Å². The molecule has 4 fully saturated rings. The highest BCUT2D eigenvalue weighted by Crippen LogP contribution is 2.46. The molecule has 14 nitrogen and oxygen atoms in total. The standard InChI is InChI=1S/C43H42N14S2/c1-54-23-43(14-17-57(43)37-9-7-35(51-53-37)33-5-3-31(28-20-48-49-21-28)39-41(33)59-26-45-39)11-10-29(54)22-56-16-13-42(56)12-15-55(24-42)36-8-6-34(50-52-36)32-4-2-30(27-18-46-47-19-27)38-40(32)58-25-44-38/h2-9,18-21,25-26,29H,10-17,22-24H2,1H3,(H,46,47)(H,48,49). The number of aromatic amines is 2. The second-order valence-electron chi connectivity index (χ2n) is 16.7. The number of rotatable bonds is 8. The Bertz CT molecular complexity index is 2780. The smallest absolute Gasteiger partial charge is 0.151 e. The molecule has 4 aliphatic heterocycles. The van der Waals surface area contributed by atoms with E-state index in [1.54, 1.807) is 22.7 Å². The van der Waals surface area contributed by atoms with Crippen LogP contribution in [-0.2, 0) is 0 Å². The number of benzene rings is 2. The molecule has 0 radical (unpaired) electrons. The fourth-order valence-electron chi connectivity index (χ4n) is 10.3. The predicted octanol–water partition coefficient (Wildman–Crippen LogP) is 7.00. The predicted molar refractivity (Wildman–Crippen MR) is 233 cm³/mol. The van der Waals surface area contributed by atoms with Crippen LogP contribution >= 0.6 is 22.7 Å². The van der Waals surface area contributed by atoms with Gasteiger partial charge in [0.05, 0.1) is 60.8 Å². The van der Waals surface area contributed by atoms with Gasteiger partial charge in [0.2, 0.25) is 0 Å². The lowest BCUT2D eigenvalue weighted by atomic mass is 9.75. The molecule has 4 aliphatic rings. The maximum absolute atomic E-state index is 4.83. The van der Waals surface area contributed by atoms with Gasteiger partial charge < -0.3 is 9.80 Å². The summed E-state index contributed by atoms with van der Waals surface area (Å²) in [7, 11) is 2.33. The van der Waals surface area contributed by atoms with Gasteiger partial charge in [-0.25, -0.2) is 9.97 Å². The van der Waals surface area contributed by atoms with E-state index in [9.17, 15) is 0 Å². The first kappa shape index (κ1) is 35.3. The lowest BCUT2D eigenvalue weighted by Crippen LogP contribution is -2.70. The zero-order chi connectivity index (χ0) is 39.1. The number of aromatic nitrogens is 10. The Hall–Kier alpha value is -5.68. The van der Waals surface area contributed by atoms with E-state index in [-0.39, 0.29) is 11.1 Å². The van der Waals surface area contributed by atoms with Crippen molar-refractivity contribution < 1.29 is 0 Å². The van der Waals surface area contributed by atoms with Crippen molar-refractivity contribution >= 4 is 54.7 Å². The van der Waals surface area contributed by atoms with E-state index >= 15 is 0 Å². The number of likely N-dealkylation sites (N-methyl/N-ethyl adjacent to an activating group) is 1. The topological polar surface area (TPSA) is 148 Å². The first-order valence-corrected chi connectivity index (χ1v) is 22.2. The third-order valence-electron chi connectivity index (χ3n) is 13.8. The van der Waals surface area contributed by atoms with Crippen LogP contribution in [0, 0.1) is 0 Å². The van der Waals surface area contributed by atoms with Gasteiger partial charge in [0.1, 0.15) is 0 Å². The van der Waals surface area contributed by atoms with Crippen LogP contribution in [0.15, 0.2) is 84.3 Å². The molecule has 0 saturated carbocycles. The van der Waals surface area contributed by atoms with E-state index in [4.69, 9.17) is 20.4 Å². The van der Waals surface area contributed by atoms with Crippen LogP contribution in [0.2, 0.25) is 0 Å². The Morgan fingerprint density at radius 3 is 1.78 bits per heavy atom. The van der Waals surface area contributed by atoms with Crippen molar-refractivity contribution in [3.8, 4) is 44.8 Å². The van der Waals surface area contributed by atoms with Gasteiger partial charge in [0.15, 0.2) is 11.6 Å². The minimum atomic E-state index is 0.119. The van der Waals surface area contributed by atoms with Gasteiger partial charge in [-0.15, -0.1) is 43.1 Å². The summed E-state index contributed by atoms with van der Waals surface area (Å²) in [5.74, 6) is 1.94. The lowest BCUT2D eigenvalue weighted by molar-refractivity contribution is -0.0330. The molecule has 6 aromatic heterocycles. The van der Waals surface area contributed by atoms with Crippen LogP contribution in [-0.4, -0.2) is 124 Å². The quantitative estimate of drug-likeness (QED) is 0.163. The SMILES string of the molecule is CN1CC2(CCC1CN1CCC13CCN(c1ccc(-c4ccc(-c5cn[nH]c5)c5ncsc45)nn1)C3)CCN2c1ccc(-c2ccc(-c3cn[nH]c3)c3ncsc23)nn1. The number of hydrogen-bond acceptors (Lipinski definition) is 14. The molecule has 0 aliphatic carbocycles. The number of hydrogen-bond donors (Lipinski definition) is 2. The summed E-state index contributed by atoms with van der Waals surface area (Å²) in [4.78, 5) is 19.7. The molecular weight excluding hydrogens is 777 g/mol. The van der Waals surface area contributed by atoms with E-state index in [1.165, 1.54) is 38.6 Å². The number of nitrogens with one attached hydrogen (secondary N) is 2. The molecule has 2 N–H and O–H groups in total. The van der Waals surface area contributed by atoms with Crippen molar-refractivity contribution in [1.82, 2.24) is 60.6 Å². The average molecular weight is 819 g/mol. The van der Waals surface area contributed by atoms with Crippen LogP contribution in [0.1, 0.15) is 32.1 Å². The van der Waals surface area contributed by atoms with Gasteiger partial charge in [-0.05, 0) is 63.4 Å². The Kier molecular flexibility index (Phi) is 8.19. The van der Waals surface area contributed by atoms with Gasteiger partial charge in [-0.1, -0.05) is 24.3 Å². The molecule has 8 aromatic rings. The van der Waals surface area contributed by atoms with Crippen LogP contribution in [0.25, 0.3) is 65.2 Å². The average Bonchev–Trinajstić information content (AvgIpc) is 4.12. The molecule has 2 aromatic carbocycles. The summed E-state index contributed by atoms with van der Waals surface area (Å²) in [5, 5.41) is 33.2. The minimum absolute atomic E-state index is 0.119. The molecule has 3 atom stereocenters. The highest BCUT2D eigenvalue weighted by Gasteiger charge is 2.53. The fourth-order valence-corrected chi connectivity index (χ4v) is 12.0. The van der Waals surface area contributed by atoms with Crippen molar-refractivity contribution in [3.63, 3.8) is 0 Å². The Morgan fingerprint density at radius 1 is 0.644 bits per heavy atom. The van der Waals surface area contributed by atoms with Gasteiger partial charge in [-0.3, -0.25) is 20.0 Å². The Labute approximate surface area is 348 Å². The van der Waals surface area contributed by atoms with Crippen LogP contribution < -0.4 is 9.80 Å². The fraction of sp³-hybridized carbons (Fsp3) is 0.349. The van der Waals surface area contributed by atoms with Crippen LogP contribution in [0.3, 0.4) is 0 Å². The second kappa shape index (κ2) is 13.7. The van der Waals surface area contributed by atoms with Crippen molar-refractivity contribution in [3.05, 3.63) is 84.3 Å². The van der Waals surface area contributed by atoms with Gasteiger partial charge >= 0.3 is 0 Å². The molecular formula is C43H42N14S2. The highest BCUT2D eigenvalue weighted by molar-refractivity contribution is 7.17. The summed E-state index contributed by atoms with van der Waals surface area (Å²) in [6.07, 6.45) is 13.4. The summed E-state index contributed by atoms with van der Waals surface area (Å²) in [6.45, 7) is 6.37. The molecule has 0 amide bonds. The molecule has 296 valence electrons. The first-order valence-electron chi connectivity index (χ1n) is 20.4. The molecule has 10 heterocycles. The number of fused-ring (bicyclic) bond motifs is 2. The van der Waals surface area contributed by atoms with E-state index in [0.29, 0.717) is 6.04 Å². The molecule has 59 heavy (non-hydrogen) atoms. The zero-order valence-electron chi connectivity index (χ0n) is 32.6.